The van der Waals surface area contributed by atoms with Crippen molar-refractivity contribution in [3.63, 3.8) is 0 Å². The van der Waals surface area contributed by atoms with Crippen molar-refractivity contribution >= 4 is 0 Å². The Bertz CT molecular complexity index is 206. The third-order valence-electron chi connectivity index (χ3n) is 2.54. The minimum atomic E-state index is -0.341. The molecule has 0 heterocycles. The van der Waals surface area contributed by atoms with E-state index < -0.39 is 0 Å². The van der Waals surface area contributed by atoms with Gasteiger partial charge in [-0.25, -0.2) is 0 Å². The number of allylic oxidation sites excluding steroid dienone is 1. The number of aliphatic hydroxyl groups is 2. The second kappa shape index (κ2) is 3.87. The number of rotatable bonds is 2. The summed E-state index contributed by atoms with van der Waals surface area (Å²) in [6, 6.07) is 0. The molecule has 1 aliphatic rings. The van der Waals surface area contributed by atoms with E-state index in [9.17, 15) is 5.11 Å². The molecule has 0 spiro atoms. The second-order valence-corrected chi connectivity index (χ2v) is 3.45. The summed E-state index contributed by atoms with van der Waals surface area (Å²) in [6.45, 7) is 5.73. The first-order chi connectivity index (χ1) is 5.65. The van der Waals surface area contributed by atoms with Crippen LogP contribution in [-0.4, -0.2) is 22.9 Å². The summed E-state index contributed by atoms with van der Waals surface area (Å²) in [5.74, 6) is 0.258. The minimum absolute atomic E-state index is 0.0320. The highest BCUT2D eigenvalue weighted by Gasteiger charge is 2.21. The van der Waals surface area contributed by atoms with Crippen LogP contribution in [0.1, 0.15) is 19.8 Å². The number of hydrogen-bond acceptors (Lipinski definition) is 2. The maximum absolute atomic E-state index is 9.50. The summed E-state index contributed by atoms with van der Waals surface area (Å²) in [4.78, 5) is 0. The van der Waals surface area contributed by atoms with E-state index in [1.807, 2.05) is 13.0 Å². The van der Waals surface area contributed by atoms with E-state index in [4.69, 9.17) is 5.11 Å². The van der Waals surface area contributed by atoms with Crippen molar-refractivity contribution in [2.75, 3.05) is 6.61 Å². The Hall–Kier alpha value is -0.600. The highest BCUT2D eigenvalue weighted by Crippen LogP contribution is 2.28. The first-order valence-electron chi connectivity index (χ1n) is 4.28. The molecule has 1 rings (SSSR count). The molecule has 0 saturated heterocycles. The standard InChI is InChI=1S/C10H16O2/c1-7-3-4-9(5-10(7)12)8(2)6-11/h3,9-12H,2,4-6H2,1H3. The maximum atomic E-state index is 9.50. The number of aliphatic hydroxyl groups excluding tert-OH is 2. The molecule has 1 aliphatic carbocycles. The van der Waals surface area contributed by atoms with Gasteiger partial charge in [0.25, 0.3) is 0 Å². The Morgan fingerprint density at radius 1 is 1.75 bits per heavy atom. The summed E-state index contributed by atoms with van der Waals surface area (Å²) in [5.41, 5.74) is 1.87. The molecule has 12 heavy (non-hydrogen) atoms. The van der Waals surface area contributed by atoms with Crippen LogP contribution in [0.15, 0.2) is 23.8 Å². The minimum Gasteiger partial charge on any atom is -0.392 e. The van der Waals surface area contributed by atoms with Crippen LogP contribution in [-0.2, 0) is 0 Å². The summed E-state index contributed by atoms with van der Waals surface area (Å²) in [7, 11) is 0. The molecule has 0 radical (unpaired) electrons. The zero-order valence-electron chi connectivity index (χ0n) is 7.45. The van der Waals surface area contributed by atoms with Crippen molar-refractivity contribution in [2.45, 2.75) is 25.9 Å². The summed E-state index contributed by atoms with van der Waals surface area (Å²) < 4.78 is 0. The van der Waals surface area contributed by atoms with Gasteiger partial charge in [-0.05, 0) is 36.8 Å². The van der Waals surface area contributed by atoms with Gasteiger partial charge in [0.2, 0.25) is 0 Å². The van der Waals surface area contributed by atoms with Crippen LogP contribution in [0.2, 0.25) is 0 Å². The highest BCUT2D eigenvalue weighted by molar-refractivity contribution is 5.15. The van der Waals surface area contributed by atoms with Gasteiger partial charge >= 0.3 is 0 Å². The van der Waals surface area contributed by atoms with Gasteiger partial charge in [0, 0.05) is 0 Å². The topological polar surface area (TPSA) is 40.5 Å². The average molecular weight is 168 g/mol. The van der Waals surface area contributed by atoms with E-state index >= 15 is 0 Å². The quantitative estimate of drug-likeness (QED) is 0.609. The van der Waals surface area contributed by atoms with E-state index in [1.54, 1.807) is 0 Å². The maximum Gasteiger partial charge on any atom is 0.0753 e. The predicted octanol–water partition coefficient (Wildman–Crippen LogP) is 1.25. The molecule has 0 amide bonds. The first kappa shape index (κ1) is 9.49. The molecule has 0 aliphatic heterocycles. The van der Waals surface area contributed by atoms with Crippen LogP contribution >= 0.6 is 0 Å². The van der Waals surface area contributed by atoms with Crippen molar-refractivity contribution in [1.82, 2.24) is 0 Å². The molecular weight excluding hydrogens is 152 g/mol. The van der Waals surface area contributed by atoms with Crippen LogP contribution in [0.3, 0.4) is 0 Å². The zero-order chi connectivity index (χ0) is 9.14. The zero-order valence-corrected chi connectivity index (χ0v) is 7.45. The molecule has 2 unspecified atom stereocenters. The van der Waals surface area contributed by atoms with E-state index in [-0.39, 0.29) is 18.6 Å². The Morgan fingerprint density at radius 3 is 2.92 bits per heavy atom. The predicted molar refractivity (Wildman–Crippen MR) is 48.7 cm³/mol. The smallest absolute Gasteiger partial charge is 0.0753 e. The Balaban J connectivity index is 2.59. The first-order valence-corrected chi connectivity index (χ1v) is 4.28. The summed E-state index contributed by atoms with van der Waals surface area (Å²) in [5, 5.41) is 18.3. The summed E-state index contributed by atoms with van der Waals surface area (Å²) in [6.07, 6.45) is 3.30. The molecule has 0 aromatic carbocycles. The van der Waals surface area contributed by atoms with Crippen LogP contribution in [0.5, 0.6) is 0 Å². The SMILES string of the molecule is C=C(CO)C1CC=C(C)C(O)C1. The van der Waals surface area contributed by atoms with Gasteiger partial charge in [-0.2, -0.15) is 0 Å². The van der Waals surface area contributed by atoms with Crippen LogP contribution in [0.25, 0.3) is 0 Å². The molecule has 2 N–H and O–H groups in total. The van der Waals surface area contributed by atoms with Gasteiger partial charge in [-0.1, -0.05) is 12.7 Å². The Labute approximate surface area is 73.2 Å². The van der Waals surface area contributed by atoms with Crippen molar-refractivity contribution in [3.05, 3.63) is 23.8 Å². The third-order valence-corrected chi connectivity index (χ3v) is 2.54. The van der Waals surface area contributed by atoms with E-state index in [0.717, 1.165) is 17.6 Å². The Morgan fingerprint density at radius 2 is 2.42 bits per heavy atom. The monoisotopic (exact) mass is 168 g/mol. The highest BCUT2D eigenvalue weighted by atomic mass is 16.3. The van der Waals surface area contributed by atoms with Gasteiger partial charge in [-0.3, -0.25) is 0 Å². The van der Waals surface area contributed by atoms with E-state index in [1.165, 1.54) is 0 Å². The van der Waals surface area contributed by atoms with Gasteiger partial charge in [0.15, 0.2) is 0 Å². The van der Waals surface area contributed by atoms with Crippen LogP contribution in [0.4, 0.5) is 0 Å². The van der Waals surface area contributed by atoms with Gasteiger partial charge in [-0.15, -0.1) is 0 Å². The van der Waals surface area contributed by atoms with Crippen molar-refractivity contribution in [3.8, 4) is 0 Å². The lowest BCUT2D eigenvalue weighted by Crippen LogP contribution is -2.21. The molecule has 0 aromatic heterocycles. The number of hydrogen-bond donors (Lipinski definition) is 2. The van der Waals surface area contributed by atoms with E-state index in [0.29, 0.717) is 6.42 Å². The van der Waals surface area contributed by atoms with E-state index in [2.05, 4.69) is 6.58 Å². The molecule has 2 heteroatoms. The molecule has 68 valence electrons. The van der Waals surface area contributed by atoms with Crippen molar-refractivity contribution in [1.29, 1.82) is 0 Å². The lowest BCUT2D eigenvalue weighted by molar-refractivity contribution is 0.170. The fourth-order valence-corrected chi connectivity index (χ4v) is 1.48. The molecule has 0 saturated carbocycles. The fraction of sp³-hybridized carbons (Fsp3) is 0.600. The molecule has 0 fully saturated rings. The van der Waals surface area contributed by atoms with Crippen molar-refractivity contribution < 1.29 is 10.2 Å². The molecule has 0 aromatic rings. The lowest BCUT2D eigenvalue weighted by Gasteiger charge is -2.25. The van der Waals surface area contributed by atoms with Crippen LogP contribution < -0.4 is 0 Å². The van der Waals surface area contributed by atoms with Gasteiger partial charge < -0.3 is 10.2 Å². The Kier molecular flexibility index (Phi) is 3.06. The normalized spacial score (nSPS) is 29.8. The fourth-order valence-electron chi connectivity index (χ4n) is 1.48. The summed E-state index contributed by atoms with van der Waals surface area (Å²) >= 11 is 0. The third kappa shape index (κ3) is 1.96. The van der Waals surface area contributed by atoms with Gasteiger partial charge in [0.1, 0.15) is 0 Å². The largest absolute Gasteiger partial charge is 0.392 e. The second-order valence-electron chi connectivity index (χ2n) is 3.45. The molecular formula is C10H16O2. The van der Waals surface area contributed by atoms with Crippen molar-refractivity contribution in [2.24, 2.45) is 5.92 Å². The van der Waals surface area contributed by atoms with Crippen LogP contribution in [0, 0.1) is 5.92 Å². The molecule has 2 atom stereocenters. The average Bonchev–Trinajstić information content (AvgIpc) is 2.08. The lowest BCUT2D eigenvalue weighted by atomic mass is 9.84. The molecule has 0 bridgehead atoms. The van der Waals surface area contributed by atoms with Gasteiger partial charge in [0.05, 0.1) is 12.7 Å². The molecule has 2 nitrogen and oxygen atoms in total.